The number of likely N-dealkylation sites (N-methyl/N-ethyl adjacent to an activating group) is 1. The highest BCUT2D eigenvalue weighted by Gasteiger charge is 2.08. The van der Waals surface area contributed by atoms with Gasteiger partial charge in [-0.15, -0.1) is 0 Å². The normalized spacial score (nSPS) is 12.8. The minimum absolute atomic E-state index is 0.261. The van der Waals surface area contributed by atoms with Gasteiger partial charge in [0.25, 0.3) is 0 Å². The fourth-order valence-corrected chi connectivity index (χ4v) is 1.71. The Morgan fingerprint density at radius 3 is 2.59 bits per heavy atom. The second-order valence-corrected chi connectivity index (χ2v) is 4.68. The maximum absolute atomic E-state index is 5.99. The zero-order valence-corrected chi connectivity index (χ0v) is 11.5. The molecular formula is C15H25NO. The van der Waals surface area contributed by atoms with Gasteiger partial charge in [0.15, 0.2) is 0 Å². The van der Waals surface area contributed by atoms with Crippen LogP contribution >= 0.6 is 0 Å². The molecule has 1 aromatic rings. The molecule has 0 fully saturated rings. The van der Waals surface area contributed by atoms with E-state index in [2.05, 4.69) is 51.2 Å². The molecule has 2 heteroatoms. The lowest BCUT2D eigenvalue weighted by atomic mass is 10.0. The number of hydrogen-bond acceptors (Lipinski definition) is 2. The second-order valence-electron chi connectivity index (χ2n) is 4.68. The van der Waals surface area contributed by atoms with Gasteiger partial charge in [-0.2, -0.15) is 0 Å². The molecule has 1 aromatic carbocycles. The summed E-state index contributed by atoms with van der Waals surface area (Å²) in [6.45, 7) is 10.6. The Kier molecular flexibility index (Phi) is 6.06. The summed E-state index contributed by atoms with van der Waals surface area (Å²) in [7, 11) is 0. The summed E-state index contributed by atoms with van der Waals surface area (Å²) in [4.78, 5) is 0. The first kappa shape index (κ1) is 14.0. The van der Waals surface area contributed by atoms with Crippen LogP contribution in [0.2, 0.25) is 0 Å². The molecule has 0 spiro atoms. The number of nitrogens with one attached hydrogen (secondary N) is 1. The molecule has 0 aliphatic rings. The molecule has 0 radical (unpaired) electrons. The predicted octanol–water partition coefficient (Wildman–Crippen LogP) is 3.58. The topological polar surface area (TPSA) is 21.3 Å². The highest BCUT2D eigenvalue weighted by Crippen LogP contribution is 2.21. The largest absolute Gasteiger partial charge is 0.489 e. The summed E-state index contributed by atoms with van der Waals surface area (Å²) in [6.07, 6.45) is 1.29. The first-order chi connectivity index (χ1) is 8.17. The van der Waals surface area contributed by atoms with Crippen LogP contribution < -0.4 is 10.1 Å². The van der Waals surface area contributed by atoms with Crippen molar-refractivity contribution in [2.24, 2.45) is 0 Å². The van der Waals surface area contributed by atoms with Crippen molar-refractivity contribution in [3.05, 3.63) is 29.8 Å². The van der Waals surface area contributed by atoms with E-state index < -0.39 is 0 Å². The van der Waals surface area contributed by atoms with Crippen molar-refractivity contribution in [2.75, 3.05) is 13.1 Å². The summed E-state index contributed by atoms with van der Waals surface area (Å²) in [5.74, 6) is 1.54. The molecule has 17 heavy (non-hydrogen) atoms. The van der Waals surface area contributed by atoms with Gasteiger partial charge in [-0.3, -0.25) is 0 Å². The SMILES string of the molecule is CCNCC(CC)Oc1cccc(C(C)C)c1. The van der Waals surface area contributed by atoms with E-state index in [4.69, 9.17) is 4.74 Å². The average molecular weight is 235 g/mol. The van der Waals surface area contributed by atoms with Crippen LogP contribution in [0.5, 0.6) is 5.75 Å². The number of ether oxygens (including phenoxy) is 1. The van der Waals surface area contributed by atoms with Gasteiger partial charge in [-0.05, 0) is 36.6 Å². The van der Waals surface area contributed by atoms with Crippen LogP contribution in [0.25, 0.3) is 0 Å². The van der Waals surface area contributed by atoms with Crippen molar-refractivity contribution in [1.82, 2.24) is 5.32 Å². The summed E-state index contributed by atoms with van der Waals surface area (Å²) in [5, 5.41) is 3.33. The van der Waals surface area contributed by atoms with Crippen LogP contribution in [-0.4, -0.2) is 19.2 Å². The minimum Gasteiger partial charge on any atom is -0.489 e. The highest BCUT2D eigenvalue weighted by atomic mass is 16.5. The van der Waals surface area contributed by atoms with Gasteiger partial charge in [0.05, 0.1) is 0 Å². The molecule has 96 valence electrons. The van der Waals surface area contributed by atoms with Gasteiger partial charge in [0.1, 0.15) is 11.9 Å². The molecule has 0 aliphatic heterocycles. The monoisotopic (exact) mass is 235 g/mol. The minimum atomic E-state index is 0.261. The van der Waals surface area contributed by atoms with E-state index in [9.17, 15) is 0 Å². The third-order valence-corrected chi connectivity index (χ3v) is 2.90. The summed E-state index contributed by atoms with van der Waals surface area (Å²) in [5.41, 5.74) is 1.33. The molecule has 0 saturated carbocycles. The van der Waals surface area contributed by atoms with Crippen LogP contribution in [0.1, 0.15) is 45.6 Å². The number of rotatable bonds is 7. The van der Waals surface area contributed by atoms with Crippen molar-refractivity contribution >= 4 is 0 Å². The fourth-order valence-electron chi connectivity index (χ4n) is 1.71. The molecule has 1 unspecified atom stereocenters. The van der Waals surface area contributed by atoms with Crippen LogP contribution in [0.3, 0.4) is 0 Å². The van der Waals surface area contributed by atoms with Gasteiger partial charge in [0.2, 0.25) is 0 Å². The van der Waals surface area contributed by atoms with Crippen LogP contribution in [0.15, 0.2) is 24.3 Å². The Morgan fingerprint density at radius 1 is 1.24 bits per heavy atom. The summed E-state index contributed by atoms with van der Waals surface area (Å²) in [6, 6.07) is 8.42. The Bertz CT molecular complexity index is 322. The smallest absolute Gasteiger partial charge is 0.120 e. The van der Waals surface area contributed by atoms with Gasteiger partial charge < -0.3 is 10.1 Å². The van der Waals surface area contributed by atoms with Crippen molar-refractivity contribution in [1.29, 1.82) is 0 Å². The molecule has 1 atom stereocenters. The second kappa shape index (κ2) is 7.33. The molecule has 0 aliphatic carbocycles. The molecule has 0 aromatic heterocycles. The molecule has 1 N–H and O–H groups in total. The predicted molar refractivity (Wildman–Crippen MR) is 73.8 cm³/mol. The lowest BCUT2D eigenvalue weighted by molar-refractivity contribution is 0.194. The zero-order valence-electron chi connectivity index (χ0n) is 11.5. The Morgan fingerprint density at radius 2 is 2.00 bits per heavy atom. The molecule has 0 bridgehead atoms. The first-order valence-corrected chi connectivity index (χ1v) is 6.64. The van der Waals surface area contributed by atoms with Crippen LogP contribution in [0.4, 0.5) is 0 Å². The average Bonchev–Trinajstić information content (AvgIpc) is 2.34. The Balaban J connectivity index is 2.62. The van der Waals surface area contributed by atoms with E-state index in [1.165, 1.54) is 5.56 Å². The van der Waals surface area contributed by atoms with Crippen LogP contribution in [0, 0.1) is 0 Å². The maximum Gasteiger partial charge on any atom is 0.120 e. The molecule has 0 amide bonds. The molecular weight excluding hydrogens is 210 g/mol. The van der Waals surface area contributed by atoms with E-state index in [-0.39, 0.29) is 6.10 Å². The lowest BCUT2D eigenvalue weighted by Gasteiger charge is -2.18. The van der Waals surface area contributed by atoms with Crippen molar-refractivity contribution < 1.29 is 4.74 Å². The van der Waals surface area contributed by atoms with E-state index in [1.807, 2.05) is 6.07 Å². The Labute approximate surface area is 105 Å². The first-order valence-electron chi connectivity index (χ1n) is 6.64. The molecule has 1 rings (SSSR count). The zero-order chi connectivity index (χ0) is 12.7. The molecule has 0 saturated heterocycles. The summed E-state index contributed by atoms with van der Waals surface area (Å²) >= 11 is 0. The third kappa shape index (κ3) is 4.78. The third-order valence-electron chi connectivity index (χ3n) is 2.90. The van der Waals surface area contributed by atoms with Gasteiger partial charge in [-0.1, -0.05) is 39.8 Å². The van der Waals surface area contributed by atoms with Gasteiger partial charge >= 0.3 is 0 Å². The highest BCUT2D eigenvalue weighted by molar-refractivity contribution is 5.30. The summed E-state index contributed by atoms with van der Waals surface area (Å²) < 4.78 is 5.99. The quantitative estimate of drug-likeness (QED) is 0.780. The Hall–Kier alpha value is -1.02. The van der Waals surface area contributed by atoms with E-state index in [0.717, 1.165) is 25.3 Å². The van der Waals surface area contributed by atoms with E-state index >= 15 is 0 Å². The van der Waals surface area contributed by atoms with Crippen molar-refractivity contribution in [3.8, 4) is 5.75 Å². The lowest BCUT2D eigenvalue weighted by Crippen LogP contribution is -2.30. The standard InChI is InChI=1S/C15H25NO/c1-5-14(11-16-6-2)17-15-9-7-8-13(10-15)12(3)4/h7-10,12,14,16H,5-6,11H2,1-4H3. The number of hydrogen-bond donors (Lipinski definition) is 1. The van der Waals surface area contributed by atoms with E-state index in [1.54, 1.807) is 0 Å². The fraction of sp³-hybridized carbons (Fsp3) is 0.600. The van der Waals surface area contributed by atoms with Crippen molar-refractivity contribution in [3.63, 3.8) is 0 Å². The van der Waals surface area contributed by atoms with Crippen LogP contribution in [-0.2, 0) is 0 Å². The number of benzene rings is 1. The molecule has 2 nitrogen and oxygen atoms in total. The molecule has 0 heterocycles. The van der Waals surface area contributed by atoms with E-state index in [0.29, 0.717) is 5.92 Å². The van der Waals surface area contributed by atoms with Gasteiger partial charge in [0, 0.05) is 6.54 Å². The van der Waals surface area contributed by atoms with Gasteiger partial charge in [-0.25, -0.2) is 0 Å². The van der Waals surface area contributed by atoms with Crippen molar-refractivity contribution in [2.45, 2.75) is 46.1 Å². The maximum atomic E-state index is 5.99.